The number of carbonyl (C=O) groups excluding carboxylic acids is 1. The van der Waals surface area contributed by atoms with Crippen molar-refractivity contribution in [1.29, 1.82) is 0 Å². The molecule has 2 atom stereocenters. The van der Waals surface area contributed by atoms with Crippen LogP contribution in [0.5, 0.6) is 0 Å². The average molecular weight is 339 g/mol. The lowest BCUT2D eigenvalue weighted by atomic mass is 9.77. The van der Waals surface area contributed by atoms with E-state index in [-0.39, 0.29) is 11.4 Å². The summed E-state index contributed by atoms with van der Waals surface area (Å²) in [6, 6.07) is 3.77. The Labute approximate surface area is 129 Å². The number of halogens is 1. The second-order valence-electron chi connectivity index (χ2n) is 6.16. The van der Waals surface area contributed by atoms with Gasteiger partial charge in [0.05, 0.1) is 16.8 Å². The summed E-state index contributed by atoms with van der Waals surface area (Å²) in [5.41, 5.74) is 2.33. The van der Waals surface area contributed by atoms with Gasteiger partial charge in [-0.15, -0.1) is 0 Å². The number of alkyl halides is 1. The van der Waals surface area contributed by atoms with Crippen LogP contribution >= 0.6 is 15.9 Å². The predicted octanol–water partition coefficient (Wildman–Crippen LogP) is 3.77. The van der Waals surface area contributed by atoms with E-state index < -0.39 is 0 Å². The number of carbonyl (C=O) groups is 1. The highest BCUT2D eigenvalue weighted by atomic mass is 79.9. The summed E-state index contributed by atoms with van der Waals surface area (Å²) in [4.78, 5) is 16.9. The molecular formula is C16H23BrN2O. The molecule has 4 heteroatoms. The lowest BCUT2D eigenvalue weighted by Gasteiger charge is -2.39. The van der Waals surface area contributed by atoms with Crippen LogP contribution in [-0.4, -0.2) is 21.8 Å². The molecule has 1 aromatic rings. The van der Waals surface area contributed by atoms with E-state index in [1.54, 1.807) is 0 Å². The van der Waals surface area contributed by atoms with Crippen LogP contribution in [0.4, 0.5) is 0 Å². The van der Waals surface area contributed by atoms with Gasteiger partial charge in [0.1, 0.15) is 0 Å². The van der Waals surface area contributed by atoms with Gasteiger partial charge in [0.25, 0.3) is 5.91 Å². The molecule has 0 spiro atoms. The van der Waals surface area contributed by atoms with Crippen LogP contribution in [0.15, 0.2) is 12.1 Å². The monoisotopic (exact) mass is 338 g/mol. The van der Waals surface area contributed by atoms with Crippen LogP contribution in [0.3, 0.4) is 0 Å². The van der Waals surface area contributed by atoms with E-state index in [9.17, 15) is 4.79 Å². The predicted molar refractivity (Wildman–Crippen MR) is 85.3 cm³/mol. The third-order valence-corrected chi connectivity index (χ3v) is 5.27. The fourth-order valence-electron chi connectivity index (χ4n) is 3.16. The van der Waals surface area contributed by atoms with Crippen molar-refractivity contribution in [3.05, 3.63) is 29.1 Å². The average Bonchev–Trinajstić information content (AvgIpc) is 2.38. The fourth-order valence-corrected chi connectivity index (χ4v) is 3.81. The first-order valence-electron chi connectivity index (χ1n) is 7.28. The van der Waals surface area contributed by atoms with Crippen molar-refractivity contribution in [3.8, 4) is 0 Å². The summed E-state index contributed by atoms with van der Waals surface area (Å²) in [6.45, 7) is 6.10. The maximum absolute atomic E-state index is 12.5. The summed E-state index contributed by atoms with van der Waals surface area (Å²) < 4.78 is 0. The molecule has 1 N–H and O–H groups in total. The first-order chi connectivity index (χ1) is 9.46. The number of nitrogens with zero attached hydrogens (tertiary/aromatic N) is 1. The third-order valence-electron chi connectivity index (χ3n) is 4.20. The Morgan fingerprint density at radius 2 is 2.25 bits per heavy atom. The highest BCUT2D eigenvalue weighted by Gasteiger charge is 2.35. The number of amides is 1. The van der Waals surface area contributed by atoms with Crippen molar-refractivity contribution < 1.29 is 4.79 Å². The summed E-state index contributed by atoms with van der Waals surface area (Å²) in [6.07, 6.45) is 4.53. The number of pyridine rings is 1. The number of aryl methyl sites for hydroxylation is 2. The zero-order valence-corrected chi connectivity index (χ0v) is 14.1. The molecule has 1 aromatic heterocycles. The fraction of sp³-hybridized carbons (Fsp3) is 0.625. The minimum absolute atomic E-state index is 0.00329. The van der Waals surface area contributed by atoms with Crippen LogP contribution in [0.2, 0.25) is 0 Å². The Morgan fingerprint density at radius 1 is 1.50 bits per heavy atom. The van der Waals surface area contributed by atoms with Crippen molar-refractivity contribution >= 4 is 21.8 Å². The van der Waals surface area contributed by atoms with Crippen molar-refractivity contribution in [1.82, 2.24) is 10.3 Å². The largest absolute Gasteiger partial charge is 0.346 e. The minimum Gasteiger partial charge on any atom is -0.346 e. The van der Waals surface area contributed by atoms with E-state index in [4.69, 9.17) is 0 Å². The Morgan fingerprint density at radius 3 is 2.85 bits per heavy atom. The summed E-state index contributed by atoms with van der Waals surface area (Å²) >= 11 is 3.60. The van der Waals surface area contributed by atoms with E-state index in [0.717, 1.165) is 29.6 Å². The van der Waals surface area contributed by atoms with E-state index >= 15 is 0 Å². The van der Waals surface area contributed by atoms with Gasteiger partial charge in [0.15, 0.2) is 0 Å². The Bertz CT molecular complexity index is 503. The lowest BCUT2D eigenvalue weighted by molar-refractivity contribution is 0.0868. The maximum atomic E-state index is 12.5. The zero-order valence-electron chi connectivity index (χ0n) is 12.5. The molecule has 3 nitrogen and oxygen atoms in total. The minimum atomic E-state index is -0.105. The number of rotatable bonds is 3. The molecule has 110 valence electrons. The molecule has 0 aromatic carbocycles. The van der Waals surface area contributed by atoms with Crippen molar-refractivity contribution in [2.24, 2.45) is 5.92 Å². The number of nitrogens with one attached hydrogen (secondary N) is 1. The van der Waals surface area contributed by atoms with Crippen LogP contribution < -0.4 is 5.32 Å². The molecule has 0 aliphatic heterocycles. The Kier molecular flexibility index (Phi) is 4.84. The standard InChI is InChI=1S/C16H23BrN2O/c1-11-5-4-8-16(9-11,10-17)19-15(20)14-7-6-12(2)18-13(14)3/h6-7,11H,4-5,8-10H2,1-3H3,(H,19,20). The van der Waals surface area contributed by atoms with E-state index in [1.807, 2.05) is 26.0 Å². The van der Waals surface area contributed by atoms with Gasteiger partial charge >= 0.3 is 0 Å². The van der Waals surface area contributed by atoms with E-state index in [0.29, 0.717) is 11.5 Å². The molecule has 20 heavy (non-hydrogen) atoms. The first-order valence-corrected chi connectivity index (χ1v) is 8.41. The zero-order chi connectivity index (χ0) is 14.8. The van der Waals surface area contributed by atoms with Gasteiger partial charge in [-0.05, 0) is 44.7 Å². The van der Waals surface area contributed by atoms with Gasteiger partial charge in [-0.2, -0.15) is 0 Å². The molecule has 1 heterocycles. The molecule has 0 saturated heterocycles. The van der Waals surface area contributed by atoms with Gasteiger partial charge in [-0.25, -0.2) is 0 Å². The summed E-state index contributed by atoms with van der Waals surface area (Å²) in [5, 5.41) is 4.08. The van der Waals surface area contributed by atoms with Crippen LogP contribution in [0.25, 0.3) is 0 Å². The molecule has 1 fully saturated rings. The smallest absolute Gasteiger partial charge is 0.253 e. The number of hydrogen-bond donors (Lipinski definition) is 1. The Hall–Kier alpha value is -0.900. The van der Waals surface area contributed by atoms with Crippen LogP contribution in [0.1, 0.15) is 54.4 Å². The van der Waals surface area contributed by atoms with Crippen molar-refractivity contribution in [3.63, 3.8) is 0 Å². The van der Waals surface area contributed by atoms with Gasteiger partial charge < -0.3 is 5.32 Å². The van der Waals surface area contributed by atoms with E-state index in [1.165, 1.54) is 12.8 Å². The van der Waals surface area contributed by atoms with Crippen LogP contribution in [-0.2, 0) is 0 Å². The van der Waals surface area contributed by atoms with Crippen LogP contribution in [0, 0.1) is 19.8 Å². The SMILES string of the molecule is Cc1ccc(C(=O)NC2(CBr)CCCC(C)C2)c(C)n1. The molecule has 1 aliphatic rings. The lowest BCUT2D eigenvalue weighted by Crippen LogP contribution is -2.52. The Balaban J connectivity index is 2.16. The quantitative estimate of drug-likeness (QED) is 0.852. The second-order valence-corrected chi connectivity index (χ2v) is 6.72. The first kappa shape index (κ1) is 15.5. The molecule has 0 bridgehead atoms. The summed E-state index contributed by atoms with van der Waals surface area (Å²) in [5.74, 6) is 0.669. The topological polar surface area (TPSA) is 42.0 Å². The molecular weight excluding hydrogens is 316 g/mol. The number of hydrogen-bond acceptors (Lipinski definition) is 2. The number of aromatic nitrogens is 1. The van der Waals surface area contributed by atoms with Crippen molar-refractivity contribution in [2.75, 3.05) is 5.33 Å². The molecule has 2 rings (SSSR count). The van der Waals surface area contributed by atoms with Gasteiger partial charge in [-0.1, -0.05) is 35.7 Å². The van der Waals surface area contributed by atoms with Gasteiger partial charge in [-0.3, -0.25) is 9.78 Å². The highest BCUT2D eigenvalue weighted by molar-refractivity contribution is 9.09. The van der Waals surface area contributed by atoms with Crippen molar-refractivity contribution in [2.45, 2.75) is 52.0 Å². The molecule has 2 unspecified atom stereocenters. The highest BCUT2D eigenvalue weighted by Crippen LogP contribution is 2.33. The molecule has 0 radical (unpaired) electrons. The second kappa shape index (κ2) is 6.25. The molecule has 1 aliphatic carbocycles. The molecule has 1 saturated carbocycles. The summed E-state index contributed by atoms with van der Waals surface area (Å²) in [7, 11) is 0. The van der Waals surface area contributed by atoms with Gasteiger partial charge in [0.2, 0.25) is 0 Å². The van der Waals surface area contributed by atoms with Gasteiger partial charge in [0, 0.05) is 11.0 Å². The maximum Gasteiger partial charge on any atom is 0.253 e. The normalized spacial score (nSPS) is 26.3. The third kappa shape index (κ3) is 3.40. The molecule has 1 amide bonds. The van der Waals surface area contributed by atoms with E-state index in [2.05, 4.69) is 33.2 Å².